The number of carbonyl (C=O) groups is 1. The van der Waals surface area contributed by atoms with E-state index in [2.05, 4.69) is 4.90 Å². The molecule has 2 aromatic rings. The van der Waals surface area contributed by atoms with E-state index in [1.54, 1.807) is 11.2 Å². The fourth-order valence-corrected chi connectivity index (χ4v) is 3.67. The van der Waals surface area contributed by atoms with E-state index in [0.29, 0.717) is 12.5 Å². The minimum atomic E-state index is -0.295. The molecule has 1 amide bonds. The zero-order valence-electron chi connectivity index (χ0n) is 13.6. The van der Waals surface area contributed by atoms with Crippen LogP contribution in [0.3, 0.4) is 0 Å². The quantitative estimate of drug-likeness (QED) is 0.862. The molecule has 0 spiro atoms. The molecule has 1 aromatic carbocycles. The molecular weight excluding hydrogens is 304 g/mol. The van der Waals surface area contributed by atoms with E-state index in [0.717, 1.165) is 43.9 Å². The van der Waals surface area contributed by atoms with E-state index >= 15 is 0 Å². The van der Waals surface area contributed by atoms with Crippen molar-refractivity contribution >= 4 is 11.8 Å². The Morgan fingerprint density at radius 3 is 2.58 bits per heavy atom. The maximum atomic E-state index is 12.9. The van der Waals surface area contributed by atoms with Crippen molar-refractivity contribution in [2.75, 3.05) is 24.5 Å². The summed E-state index contributed by atoms with van der Waals surface area (Å²) in [6.07, 6.45) is 3.58. The summed E-state index contributed by atoms with van der Waals surface area (Å²) in [5.41, 5.74) is 0.820. The van der Waals surface area contributed by atoms with Gasteiger partial charge in [-0.05, 0) is 56.1 Å². The van der Waals surface area contributed by atoms with Crippen LogP contribution in [0, 0.1) is 5.92 Å². The van der Waals surface area contributed by atoms with Crippen molar-refractivity contribution < 1.29 is 13.9 Å². The number of anilines is 1. The molecule has 1 atom stereocenters. The number of ether oxygens (including phenoxy) is 1. The van der Waals surface area contributed by atoms with Crippen molar-refractivity contribution in [2.45, 2.75) is 25.5 Å². The molecule has 0 aliphatic carbocycles. The maximum absolute atomic E-state index is 12.9. The first kappa shape index (κ1) is 15.3. The third-order valence-corrected chi connectivity index (χ3v) is 5.03. The van der Waals surface area contributed by atoms with Crippen LogP contribution in [0.4, 0.5) is 10.5 Å². The highest BCUT2D eigenvalue weighted by Crippen LogP contribution is 2.30. The number of amides is 1. The predicted octanol–water partition coefficient (Wildman–Crippen LogP) is 3.52. The lowest BCUT2D eigenvalue weighted by molar-refractivity contribution is -0.0312. The van der Waals surface area contributed by atoms with Crippen LogP contribution in [0.15, 0.2) is 53.1 Å². The highest BCUT2D eigenvalue weighted by molar-refractivity contribution is 5.87. The summed E-state index contributed by atoms with van der Waals surface area (Å²) in [5.74, 6) is 1.24. The van der Waals surface area contributed by atoms with Crippen molar-refractivity contribution in [1.29, 1.82) is 0 Å². The van der Waals surface area contributed by atoms with E-state index in [9.17, 15) is 4.79 Å². The second kappa shape index (κ2) is 6.69. The molecule has 5 rings (SSSR count). The Kier molecular flexibility index (Phi) is 4.26. The number of carbonyl (C=O) groups excluding carboxylic acids is 1. The lowest BCUT2D eigenvalue weighted by Gasteiger charge is -2.44. The van der Waals surface area contributed by atoms with E-state index in [4.69, 9.17) is 9.15 Å². The van der Waals surface area contributed by atoms with Gasteiger partial charge in [0.05, 0.1) is 12.8 Å². The zero-order chi connectivity index (χ0) is 16.4. The first-order valence-electron chi connectivity index (χ1n) is 8.57. The van der Waals surface area contributed by atoms with Gasteiger partial charge in [-0.2, -0.15) is 0 Å². The van der Waals surface area contributed by atoms with Crippen LogP contribution in [0.25, 0.3) is 0 Å². The number of para-hydroxylation sites is 1. The standard InChI is InChI=1S/C19H22N2O3/c22-19(24-18-14-20-10-8-15(18)9-11-20)21(13-17-7-4-12-23-17)16-5-2-1-3-6-16/h1-7,12,15,18H,8-11,13-14H2. The molecule has 3 aliphatic rings. The van der Waals surface area contributed by atoms with Gasteiger partial charge in [0.25, 0.3) is 0 Å². The van der Waals surface area contributed by atoms with E-state index in [-0.39, 0.29) is 12.2 Å². The first-order valence-corrected chi connectivity index (χ1v) is 8.57. The summed E-state index contributed by atoms with van der Waals surface area (Å²) in [6, 6.07) is 13.3. The molecular formula is C19H22N2O3. The van der Waals surface area contributed by atoms with Crippen LogP contribution in [0.2, 0.25) is 0 Å². The summed E-state index contributed by atoms with van der Waals surface area (Å²) in [5, 5.41) is 0. The van der Waals surface area contributed by atoms with E-state index < -0.39 is 0 Å². The Labute approximate surface area is 141 Å². The molecule has 3 saturated heterocycles. The first-order chi connectivity index (χ1) is 11.8. The number of fused-ring (bicyclic) bond motifs is 3. The molecule has 2 bridgehead atoms. The Morgan fingerprint density at radius 2 is 1.96 bits per heavy atom. The topological polar surface area (TPSA) is 45.9 Å². The van der Waals surface area contributed by atoms with Gasteiger partial charge in [0.15, 0.2) is 0 Å². The lowest BCUT2D eigenvalue weighted by Crippen LogP contribution is -2.53. The number of hydrogen-bond donors (Lipinski definition) is 0. The molecule has 1 unspecified atom stereocenters. The Balaban J connectivity index is 1.50. The third-order valence-electron chi connectivity index (χ3n) is 5.03. The largest absolute Gasteiger partial charge is 0.467 e. The molecule has 1 aromatic heterocycles. The Hall–Kier alpha value is -2.27. The van der Waals surface area contributed by atoms with Crippen molar-refractivity contribution in [1.82, 2.24) is 4.90 Å². The van der Waals surface area contributed by atoms with Crippen molar-refractivity contribution in [3.8, 4) is 0 Å². The van der Waals surface area contributed by atoms with Crippen molar-refractivity contribution in [3.05, 3.63) is 54.5 Å². The number of hydrogen-bond acceptors (Lipinski definition) is 4. The van der Waals surface area contributed by atoms with Crippen LogP contribution < -0.4 is 4.90 Å². The molecule has 0 saturated carbocycles. The normalized spacial score (nSPS) is 25.4. The minimum Gasteiger partial charge on any atom is -0.467 e. The van der Waals surface area contributed by atoms with Gasteiger partial charge >= 0.3 is 6.09 Å². The second-order valence-electron chi connectivity index (χ2n) is 6.56. The lowest BCUT2D eigenvalue weighted by atomic mass is 9.86. The predicted molar refractivity (Wildman–Crippen MR) is 90.8 cm³/mol. The third kappa shape index (κ3) is 3.17. The average Bonchev–Trinajstić information content (AvgIpc) is 3.14. The highest BCUT2D eigenvalue weighted by Gasteiger charge is 2.37. The van der Waals surface area contributed by atoms with Crippen LogP contribution in [0.1, 0.15) is 18.6 Å². The van der Waals surface area contributed by atoms with Crippen LogP contribution >= 0.6 is 0 Å². The molecule has 24 heavy (non-hydrogen) atoms. The second-order valence-corrected chi connectivity index (χ2v) is 6.56. The van der Waals surface area contributed by atoms with Gasteiger partial charge in [0, 0.05) is 12.2 Å². The summed E-state index contributed by atoms with van der Waals surface area (Å²) in [4.78, 5) is 16.9. The van der Waals surface area contributed by atoms with Gasteiger partial charge in [0.1, 0.15) is 11.9 Å². The van der Waals surface area contributed by atoms with Gasteiger partial charge < -0.3 is 9.15 Å². The smallest absolute Gasteiger partial charge is 0.415 e. The van der Waals surface area contributed by atoms with Gasteiger partial charge in [-0.25, -0.2) is 4.79 Å². The SMILES string of the molecule is O=C(OC1CN2CCC1CC2)N(Cc1ccco1)c1ccccc1. The summed E-state index contributed by atoms with van der Waals surface area (Å²) in [7, 11) is 0. The summed E-state index contributed by atoms with van der Waals surface area (Å²) >= 11 is 0. The number of nitrogens with zero attached hydrogens (tertiary/aromatic N) is 2. The monoisotopic (exact) mass is 326 g/mol. The average molecular weight is 326 g/mol. The van der Waals surface area contributed by atoms with Crippen LogP contribution in [-0.4, -0.2) is 36.7 Å². The van der Waals surface area contributed by atoms with Crippen LogP contribution in [0.5, 0.6) is 0 Å². The minimum absolute atomic E-state index is 0.00260. The Morgan fingerprint density at radius 1 is 1.17 bits per heavy atom. The summed E-state index contributed by atoms with van der Waals surface area (Å²) in [6.45, 7) is 3.50. The molecule has 126 valence electrons. The van der Waals surface area contributed by atoms with Crippen molar-refractivity contribution in [3.63, 3.8) is 0 Å². The van der Waals surface area contributed by atoms with Crippen LogP contribution in [-0.2, 0) is 11.3 Å². The number of rotatable bonds is 4. The fraction of sp³-hybridized carbons (Fsp3) is 0.421. The van der Waals surface area contributed by atoms with Gasteiger partial charge in [-0.3, -0.25) is 9.80 Å². The van der Waals surface area contributed by atoms with E-state index in [1.807, 2.05) is 42.5 Å². The fourth-order valence-electron chi connectivity index (χ4n) is 3.67. The molecule has 0 N–H and O–H groups in total. The molecule has 3 fully saturated rings. The number of benzene rings is 1. The number of piperidine rings is 3. The van der Waals surface area contributed by atoms with Gasteiger partial charge in [-0.1, -0.05) is 18.2 Å². The molecule has 5 nitrogen and oxygen atoms in total. The molecule has 5 heteroatoms. The maximum Gasteiger partial charge on any atom is 0.415 e. The Bertz CT molecular complexity index is 663. The summed E-state index contributed by atoms with van der Waals surface area (Å²) < 4.78 is 11.3. The molecule has 3 aliphatic heterocycles. The molecule has 0 radical (unpaired) electrons. The van der Waals surface area contributed by atoms with Crippen molar-refractivity contribution in [2.24, 2.45) is 5.92 Å². The van der Waals surface area contributed by atoms with E-state index in [1.165, 1.54) is 0 Å². The highest BCUT2D eigenvalue weighted by atomic mass is 16.6. The molecule has 4 heterocycles. The van der Waals surface area contributed by atoms with Gasteiger partial charge in [-0.15, -0.1) is 0 Å². The number of furan rings is 1. The van der Waals surface area contributed by atoms with Gasteiger partial charge in [0.2, 0.25) is 0 Å². The zero-order valence-corrected chi connectivity index (χ0v) is 13.6.